The lowest BCUT2D eigenvalue weighted by Gasteiger charge is -2.31. The Kier molecular flexibility index (Phi) is 6.56. The highest BCUT2D eigenvalue weighted by atomic mass is 35.5. The number of benzene rings is 1. The minimum Gasteiger partial charge on any atom is -0.450 e. The molecule has 1 aromatic rings. The number of carbonyl (C=O) groups excluding carboxylic acids is 3. The van der Waals surface area contributed by atoms with Gasteiger partial charge in [-0.3, -0.25) is 9.59 Å². The van der Waals surface area contributed by atoms with Crippen molar-refractivity contribution in [2.45, 2.75) is 32.7 Å². The van der Waals surface area contributed by atoms with E-state index in [-0.39, 0.29) is 34.2 Å². The second-order valence-corrected chi connectivity index (χ2v) is 9.65. The monoisotopic (exact) mass is 457 g/mol. The van der Waals surface area contributed by atoms with E-state index in [1.165, 1.54) is 18.2 Å². The van der Waals surface area contributed by atoms with Crippen molar-refractivity contribution in [3.63, 3.8) is 0 Å². The molecular weight excluding hydrogens is 434 g/mol. The Labute approximate surface area is 180 Å². The van der Waals surface area contributed by atoms with Crippen LogP contribution in [0.15, 0.2) is 18.2 Å². The second-order valence-electron chi connectivity index (χ2n) is 7.38. The van der Waals surface area contributed by atoms with E-state index in [9.17, 15) is 22.8 Å². The molecule has 2 aliphatic rings. The van der Waals surface area contributed by atoms with Gasteiger partial charge in [-0.25, -0.2) is 17.5 Å². The molecule has 2 aliphatic heterocycles. The molecule has 2 heterocycles. The molecule has 2 saturated heterocycles. The van der Waals surface area contributed by atoms with Crippen LogP contribution in [0, 0.1) is 5.92 Å². The van der Waals surface area contributed by atoms with Crippen LogP contribution < -0.4 is 9.62 Å². The van der Waals surface area contributed by atoms with Crippen molar-refractivity contribution < 1.29 is 27.5 Å². The maximum absolute atomic E-state index is 12.8. The van der Waals surface area contributed by atoms with Gasteiger partial charge in [-0.05, 0) is 38.0 Å². The minimum absolute atomic E-state index is 0.0875. The molecule has 3 amide bonds. The summed E-state index contributed by atoms with van der Waals surface area (Å²) in [4.78, 5) is 38.4. The Morgan fingerprint density at radius 2 is 1.93 bits per heavy atom. The summed E-state index contributed by atoms with van der Waals surface area (Å²) >= 11 is 6.17. The molecule has 164 valence electrons. The van der Waals surface area contributed by atoms with E-state index < -0.39 is 27.8 Å². The number of likely N-dealkylation sites (tertiary alicyclic amines) is 1. The fourth-order valence-electron chi connectivity index (χ4n) is 3.58. The maximum atomic E-state index is 12.8. The molecule has 0 spiro atoms. The van der Waals surface area contributed by atoms with Crippen molar-refractivity contribution in [1.29, 1.82) is 0 Å². The summed E-state index contributed by atoms with van der Waals surface area (Å²) in [6.07, 6.45) is 0.736. The number of piperidine rings is 1. The molecule has 3 rings (SSSR count). The van der Waals surface area contributed by atoms with E-state index in [1.807, 2.05) is 0 Å². The molecule has 11 heteroatoms. The number of hydrogen-bond acceptors (Lipinski definition) is 6. The van der Waals surface area contributed by atoms with Crippen molar-refractivity contribution in [2.24, 2.45) is 5.92 Å². The number of carbonyl (C=O) groups is 3. The zero-order valence-electron chi connectivity index (χ0n) is 16.8. The Hall–Kier alpha value is -2.33. The maximum Gasteiger partial charge on any atom is 0.409 e. The highest BCUT2D eigenvalue weighted by Gasteiger charge is 2.42. The first kappa shape index (κ1) is 22.4. The molecule has 1 atom stereocenters. The SMILES string of the molecule is CCOC(=O)N1CCC(NC(=O)c2cc(N3C(=O)C(C)CS3(=O)=O)ccc2Cl)CC1. The van der Waals surface area contributed by atoms with Gasteiger partial charge in [-0.1, -0.05) is 18.5 Å². The van der Waals surface area contributed by atoms with Crippen LogP contribution in [-0.4, -0.2) is 62.7 Å². The number of sulfonamides is 1. The standard InChI is InChI=1S/C19H24ClN3O6S/c1-3-29-19(26)22-8-6-13(7-9-22)21-17(24)15-10-14(4-5-16(15)20)23-18(25)12(2)11-30(23,27)28/h4-5,10,12-13H,3,6-9,11H2,1-2H3,(H,21,24). The molecule has 2 fully saturated rings. The highest BCUT2D eigenvalue weighted by molar-refractivity contribution is 7.94. The van der Waals surface area contributed by atoms with Crippen molar-refractivity contribution in [2.75, 3.05) is 29.8 Å². The predicted octanol–water partition coefficient (Wildman–Crippen LogP) is 2.00. The summed E-state index contributed by atoms with van der Waals surface area (Å²) in [5, 5.41) is 3.02. The van der Waals surface area contributed by atoms with Gasteiger partial charge in [0.05, 0.1) is 34.6 Å². The first-order valence-corrected chi connectivity index (χ1v) is 11.7. The summed E-state index contributed by atoms with van der Waals surface area (Å²) < 4.78 is 30.4. The van der Waals surface area contributed by atoms with Crippen LogP contribution in [0.5, 0.6) is 0 Å². The minimum atomic E-state index is -3.78. The lowest BCUT2D eigenvalue weighted by atomic mass is 10.0. The number of halogens is 1. The van der Waals surface area contributed by atoms with Gasteiger partial charge in [-0.2, -0.15) is 0 Å². The van der Waals surface area contributed by atoms with Crippen LogP contribution in [0.4, 0.5) is 10.5 Å². The Morgan fingerprint density at radius 3 is 2.50 bits per heavy atom. The Morgan fingerprint density at radius 1 is 1.27 bits per heavy atom. The zero-order valence-corrected chi connectivity index (χ0v) is 18.3. The number of anilines is 1. The molecule has 1 N–H and O–H groups in total. The summed E-state index contributed by atoms with van der Waals surface area (Å²) in [5.41, 5.74) is 0.181. The van der Waals surface area contributed by atoms with Gasteiger partial charge < -0.3 is 15.0 Å². The quantitative estimate of drug-likeness (QED) is 0.739. The van der Waals surface area contributed by atoms with E-state index in [4.69, 9.17) is 16.3 Å². The average molecular weight is 458 g/mol. The lowest BCUT2D eigenvalue weighted by molar-refractivity contribution is -0.119. The van der Waals surface area contributed by atoms with Gasteiger partial charge >= 0.3 is 6.09 Å². The topological polar surface area (TPSA) is 113 Å². The van der Waals surface area contributed by atoms with Gasteiger partial charge in [0.2, 0.25) is 15.9 Å². The second kappa shape index (κ2) is 8.81. The molecule has 0 aliphatic carbocycles. The van der Waals surface area contributed by atoms with Gasteiger partial charge in [0.25, 0.3) is 5.91 Å². The molecule has 0 bridgehead atoms. The Bertz CT molecular complexity index is 959. The van der Waals surface area contributed by atoms with E-state index in [0.717, 1.165) is 4.31 Å². The van der Waals surface area contributed by atoms with Crippen LogP contribution in [0.25, 0.3) is 0 Å². The largest absolute Gasteiger partial charge is 0.450 e. The third kappa shape index (κ3) is 4.54. The fourth-order valence-corrected chi connectivity index (χ4v) is 5.60. The van der Waals surface area contributed by atoms with E-state index in [0.29, 0.717) is 32.5 Å². The van der Waals surface area contributed by atoms with Crippen LogP contribution in [0.1, 0.15) is 37.0 Å². The number of ether oxygens (including phenoxy) is 1. The fraction of sp³-hybridized carbons (Fsp3) is 0.526. The Balaban J connectivity index is 1.71. The van der Waals surface area contributed by atoms with Crippen LogP contribution in [0.3, 0.4) is 0 Å². The van der Waals surface area contributed by atoms with Crippen molar-refractivity contribution in [3.05, 3.63) is 28.8 Å². The van der Waals surface area contributed by atoms with Crippen molar-refractivity contribution in [1.82, 2.24) is 10.2 Å². The van der Waals surface area contributed by atoms with Gasteiger partial charge in [0, 0.05) is 19.1 Å². The van der Waals surface area contributed by atoms with E-state index in [1.54, 1.807) is 18.7 Å². The van der Waals surface area contributed by atoms with E-state index >= 15 is 0 Å². The first-order chi connectivity index (χ1) is 14.1. The summed E-state index contributed by atoms with van der Waals surface area (Å²) in [6, 6.07) is 3.96. The molecule has 0 saturated carbocycles. The molecule has 0 radical (unpaired) electrons. The molecular formula is C19H24ClN3O6S. The molecule has 30 heavy (non-hydrogen) atoms. The zero-order chi connectivity index (χ0) is 22.1. The van der Waals surface area contributed by atoms with Gasteiger partial charge in [-0.15, -0.1) is 0 Å². The predicted molar refractivity (Wildman–Crippen MR) is 111 cm³/mol. The van der Waals surface area contributed by atoms with E-state index in [2.05, 4.69) is 5.32 Å². The highest BCUT2D eigenvalue weighted by Crippen LogP contribution is 2.31. The molecule has 1 aromatic carbocycles. The number of nitrogens with one attached hydrogen (secondary N) is 1. The average Bonchev–Trinajstić information content (AvgIpc) is 2.90. The van der Waals surface area contributed by atoms with Gasteiger partial charge in [0.15, 0.2) is 0 Å². The number of rotatable bonds is 4. The number of nitrogens with zero attached hydrogens (tertiary/aromatic N) is 2. The first-order valence-electron chi connectivity index (χ1n) is 9.73. The summed E-state index contributed by atoms with van der Waals surface area (Å²) in [7, 11) is -3.78. The third-order valence-corrected chi connectivity index (χ3v) is 7.34. The van der Waals surface area contributed by atoms with Crippen LogP contribution >= 0.6 is 11.6 Å². The summed E-state index contributed by atoms with van der Waals surface area (Å²) in [6.45, 7) is 4.50. The normalized spacial score (nSPS) is 21.6. The van der Waals surface area contributed by atoms with Crippen molar-refractivity contribution in [3.8, 4) is 0 Å². The van der Waals surface area contributed by atoms with Crippen LogP contribution in [-0.2, 0) is 19.6 Å². The molecule has 0 aromatic heterocycles. The van der Waals surface area contributed by atoms with Gasteiger partial charge in [0.1, 0.15) is 0 Å². The third-order valence-electron chi connectivity index (χ3n) is 5.15. The lowest BCUT2D eigenvalue weighted by Crippen LogP contribution is -2.46. The molecule has 9 nitrogen and oxygen atoms in total. The summed E-state index contributed by atoms with van der Waals surface area (Å²) in [5.74, 6) is -1.91. The molecule has 1 unspecified atom stereocenters. The number of amides is 3. The van der Waals surface area contributed by atoms with Crippen LogP contribution in [0.2, 0.25) is 5.02 Å². The smallest absolute Gasteiger partial charge is 0.409 e. The number of hydrogen-bond donors (Lipinski definition) is 1. The van der Waals surface area contributed by atoms with Crippen molar-refractivity contribution >= 4 is 45.2 Å².